The molecule has 0 radical (unpaired) electrons. The normalized spacial score (nSPS) is 16.8. The quantitative estimate of drug-likeness (QED) is 0.848. The lowest BCUT2D eigenvalue weighted by Gasteiger charge is -2.30. The molecule has 0 aromatic heterocycles. The third-order valence-electron chi connectivity index (χ3n) is 3.57. The fraction of sp³-hybridized carbons (Fsp3) is 0.500. The Hall–Kier alpha value is -1.63. The Bertz CT molecular complexity index is 610. The van der Waals surface area contributed by atoms with Gasteiger partial charge >= 0.3 is 0 Å². The summed E-state index contributed by atoms with van der Waals surface area (Å²) in [7, 11) is -3.64. The van der Waals surface area contributed by atoms with Gasteiger partial charge in [0.25, 0.3) is 0 Å². The second-order valence-electron chi connectivity index (χ2n) is 5.24. The Labute approximate surface area is 124 Å². The summed E-state index contributed by atoms with van der Waals surface area (Å²) in [6, 6.07) is 4.25. The predicted molar refractivity (Wildman–Crippen MR) is 79.0 cm³/mol. The maximum Gasteiger partial charge on any atom is 0.246 e. The van der Waals surface area contributed by atoms with Gasteiger partial charge in [-0.3, -0.25) is 9.10 Å². The number of carbonyl (C=O) groups is 1. The molecule has 1 aromatic carbocycles. The molecule has 1 fully saturated rings. The van der Waals surface area contributed by atoms with Crippen LogP contribution in [0.3, 0.4) is 0 Å². The minimum absolute atomic E-state index is 0.220. The van der Waals surface area contributed by atoms with Gasteiger partial charge in [-0.2, -0.15) is 0 Å². The van der Waals surface area contributed by atoms with E-state index in [-0.39, 0.29) is 5.91 Å². The first-order chi connectivity index (χ1) is 9.80. The average molecular weight is 314 g/mol. The monoisotopic (exact) mass is 314 g/mol. The molecule has 1 aromatic rings. The minimum atomic E-state index is -3.64. The van der Waals surface area contributed by atoms with E-state index in [0.717, 1.165) is 23.4 Å². The summed E-state index contributed by atoms with van der Waals surface area (Å²) in [6.45, 7) is 2.87. The van der Waals surface area contributed by atoms with Crippen LogP contribution in [0.2, 0.25) is 0 Å². The van der Waals surface area contributed by atoms with Crippen LogP contribution in [0, 0.1) is 5.82 Å². The first kappa shape index (κ1) is 15.8. The van der Waals surface area contributed by atoms with E-state index in [4.69, 9.17) is 0 Å². The molecule has 116 valence electrons. The molecular weight excluding hydrogens is 295 g/mol. The number of rotatable bonds is 4. The van der Waals surface area contributed by atoms with Crippen molar-refractivity contribution in [2.75, 3.05) is 23.7 Å². The second kappa shape index (κ2) is 6.01. The van der Waals surface area contributed by atoms with Gasteiger partial charge in [0.2, 0.25) is 15.9 Å². The van der Waals surface area contributed by atoms with Crippen LogP contribution in [-0.4, -0.2) is 44.6 Å². The van der Waals surface area contributed by atoms with Crippen LogP contribution in [-0.2, 0) is 14.8 Å². The van der Waals surface area contributed by atoms with Crippen molar-refractivity contribution in [3.8, 4) is 0 Å². The number of likely N-dealkylation sites (tertiary alicyclic amines) is 1. The summed E-state index contributed by atoms with van der Waals surface area (Å²) in [5.41, 5.74) is 0.291. The fourth-order valence-corrected chi connectivity index (χ4v) is 3.76. The molecule has 0 spiro atoms. The summed E-state index contributed by atoms with van der Waals surface area (Å²) < 4.78 is 38.1. The number of carbonyl (C=O) groups excluding carboxylic acids is 1. The van der Waals surface area contributed by atoms with E-state index < -0.39 is 21.9 Å². The van der Waals surface area contributed by atoms with Gasteiger partial charge in [0.05, 0.1) is 11.9 Å². The number of hydrogen-bond acceptors (Lipinski definition) is 3. The van der Waals surface area contributed by atoms with E-state index in [1.165, 1.54) is 24.3 Å². The van der Waals surface area contributed by atoms with E-state index in [2.05, 4.69) is 0 Å². The van der Waals surface area contributed by atoms with Gasteiger partial charge in [0.15, 0.2) is 0 Å². The van der Waals surface area contributed by atoms with E-state index in [1.807, 2.05) is 0 Å². The molecule has 0 N–H and O–H groups in total. The molecule has 1 saturated heterocycles. The number of sulfonamides is 1. The maximum atomic E-state index is 13.0. The first-order valence-corrected chi connectivity index (χ1v) is 8.69. The predicted octanol–water partition coefficient (Wildman–Crippen LogP) is 1.60. The third-order valence-corrected chi connectivity index (χ3v) is 4.81. The first-order valence-electron chi connectivity index (χ1n) is 6.84. The van der Waals surface area contributed by atoms with Crippen LogP contribution in [0.1, 0.15) is 19.8 Å². The Kier molecular flexibility index (Phi) is 4.51. The van der Waals surface area contributed by atoms with Crippen LogP contribution >= 0.6 is 0 Å². The van der Waals surface area contributed by atoms with Crippen LogP contribution in [0.4, 0.5) is 10.1 Å². The summed E-state index contributed by atoms with van der Waals surface area (Å²) in [5.74, 6) is -0.673. The van der Waals surface area contributed by atoms with Gasteiger partial charge in [0.1, 0.15) is 11.9 Å². The van der Waals surface area contributed by atoms with Gasteiger partial charge < -0.3 is 4.90 Å². The lowest BCUT2D eigenvalue weighted by molar-refractivity contribution is -0.130. The Morgan fingerprint density at radius 3 is 2.24 bits per heavy atom. The van der Waals surface area contributed by atoms with E-state index >= 15 is 0 Å². The second-order valence-corrected chi connectivity index (χ2v) is 7.10. The van der Waals surface area contributed by atoms with Crippen molar-refractivity contribution in [3.05, 3.63) is 30.1 Å². The highest BCUT2D eigenvalue weighted by atomic mass is 32.2. The van der Waals surface area contributed by atoms with Crippen LogP contribution in [0.15, 0.2) is 24.3 Å². The molecule has 5 nitrogen and oxygen atoms in total. The topological polar surface area (TPSA) is 57.7 Å². The zero-order chi connectivity index (χ0) is 15.6. The molecular formula is C14H19FN2O3S. The largest absolute Gasteiger partial charge is 0.341 e. The molecule has 1 amide bonds. The number of anilines is 1. The smallest absolute Gasteiger partial charge is 0.246 e. The number of nitrogens with zero attached hydrogens (tertiary/aromatic N) is 2. The van der Waals surface area contributed by atoms with Gasteiger partial charge in [0, 0.05) is 13.1 Å². The number of halogens is 1. The van der Waals surface area contributed by atoms with Crippen molar-refractivity contribution in [1.29, 1.82) is 0 Å². The van der Waals surface area contributed by atoms with E-state index in [0.29, 0.717) is 18.8 Å². The molecule has 0 aliphatic carbocycles. The molecule has 1 heterocycles. The van der Waals surface area contributed by atoms with Gasteiger partial charge in [-0.25, -0.2) is 12.8 Å². The van der Waals surface area contributed by atoms with Crippen LogP contribution in [0.5, 0.6) is 0 Å². The molecule has 0 unspecified atom stereocenters. The molecule has 1 aliphatic heterocycles. The summed E-state index contributed by atoms with van der Waals surface area (Å²) in [6.07, 6.45) is 2.92. The number of amides is 1. The van der Waals surface area contributed by atoms with E-state index in [1.54, 1.807) is 11.8 Å². The zero-order valence-electron chi connectivity index (χ0n) is 12.1. The highest BCUT2D eigenvalue weighted by Gasteiger charge is 2.32. The Morgan fingerprint density at radius 2 is 1.76 bits per heavy atom. The van der Waals surface area contributed by atoms with Gasteiger partial charge in [-0.05, 0) is 44.0 Å². The number of benzene rings is 1. The van der Waals surface area contributed by atoms with Crippen molar-refractivity contribution in [2.24, 2.45) is 0 Å². The van der Waals surface area contributed by atoms with Crippen molar-refractivity contribution < 1.29 is 17.6 Å². The molecule has 1 aliphatic rings. The van der Waals surface area contributed by atoms with Gasteiger partial charge in [-0.1, -0.05) is 0 Å². The average Bonchev–Trinajstić information content (AvgIpc) is 2.92. The van der Waals surface area contributed by atoms with Gasteiger partial charge in [-0.15, -0.1) is 0 Å². The summed E-state index contributed by atoms with van der Waals surface area (Å²) >= 11 is 0. The standard InChI is InChI=1S/C14H19FN2O3S/c1-11(14(18)16-9-3-4-10-16)17(21(2,19)20)13-7-5-12(15)6-8-13/h5-8,11H,3-4,9-10H2,1-2H3/t11-/m0/s1. The van der Waals surface area contributed by atoms with Crippen LogP contribution in [0.25, 0.3) is 0 Å². The lowest BCUT2D eigenvalue weighted by Crippen LogP contribution is -2.48. The molecule has 7 heteroatoms. The number of hydrogen-bond donors (Lipinski definition) is 0. The van der Waals surface area contributed by atoms with Crippen molar-refractivity contribution in [1.82, 2.24) is 4.90 Å². The summed E-state index contributed by atoms with van der Waals surface area (Å²) in [5, 5.41) is 0. The highest BCUT2D eigenvalue weighted by Crippen LogP contribution is 2.23. The summed E-state index contributed by atoms with van der Waals surface area (Å²) in [4.78, 5) is 14.1. The Balaban J connectivity index is 2.32. The lowest BCUT2D eigenvalue weighted by atomic mass is 10.2. The van der Waals surface area contributed by atoms with E-state index in [9.17, 15) is 17.6 Å². The molecule has 21 heavy (non-hydrogen) atoms. The van der Waals surface area contributed by atoms with Crippen molar-refractivity contribution >= 4 is 21.6 Å². The van der Waals surface area contributed by atoms with Crippen molar-refractivity contribution in [3.63, 3.8) is 0 Å². The van der Waals surface area contributed by atoms with Crippen LogP contribution < -0.4 is 4.31 Å². The Morgan fingerprint density at radius 1 is 1.24 bits per heavy atom. The fourth-order valence-electron chi connectivity index (χ4n) is 2.59. The molecule has 2 rings (SSSR count). The minimum Gasteiger partial charge on any atom is -0.341 e. The molecule has 0 bridgehead atoms. The SMILES string of the molecule is C[C@@H](C(=O)N1CCCC1)N(c1ccc(F)cc1)S(C)(=O)=O. The molecule has 0 saturated carbocycles. The zero-order valence-corrected chi connectivity index (χ0v) is 12.9. The third kappa shape index (κ3) is 3.53. The highest BCUT2D eigenvalue weighted by molar-refractivity contribution is 7.92. The van der Waals surface area contributed by atoms with Crippen molar-refractivity contribution in [2.45, 2.75) is 25.8 Å². The maximum absolute atomic E-state index is 13.0. The molecule has 1 atom stereocenters.